The van der Waals surface area contributed by atoms with Crippen LogP contribution in [0.5, 0.6) is 0 Å². The molecule has 0 saturated heterocycles. The largest absolute Gasteiger partial charge is 0.368 e. The zero-order valence-electron chi connectivity index (χ0n) is 9.96. The van der Waals surface area contributed by atoms with E-state index in [0.717, 1.165) is 15.8 Å². The molecule has 0 aliphatic heterocycles. The van der Waals surface area contributed by atoms with Crippen LogP contribution >= 0.6 is 0 Å². The Morgan fingerprint density at radius 3 is 2.50 bits per heavy atom. The molecule has 0 bridgehead atoms. The van der Waals surface area contributed by atoms with E-state index in [9.17, 15) is 9.59 Å². The molecule has 2 N–H and O–H groups in total. The minimum atomic E-state index is -0.592. The lowest BCUT2D eigenvalue weighted by Gasteiger charge is -2.05. The van der Waals surface area contributed by atoms with Gasteiger partial charge in [-0.25, -0.2) is 4.68 Å². The Morgan fingerprint density at radius 2 is 1.89 bits per heavy atom. The van der Waals surface area contributed by atoms with Crippen molar-refractivity contribution in [2.24, 2.45) is 5.73 Å². The molecule has 0 spiro atoms. The molecule has 1 aromatic heterocycles. The summed E-state index contributed by atoms with van der Waals surface area (Å²) in [7, 11) is 0. The van der Waals surface area contributed by atoms with E-state index >= 15 is 0 Å². The van der Waals surface area contributed by atoms with Gasteiger partial charge in [-0.15, -0.1) is 0 Å². The van der Waals surface area contributed by atoms with E-state index in [-0.39, 0.29) is 12.1 Å². The highest BCUT2D eigenvalue weighted by atomic mass is 16.2. The van der Waals surface area contributed by atoms with Crippen molar-refractivity contribution in [3.63, 3.8) is 0 Å². The summed E-state index contributed by atoms with van der Waals surface area (Å²) >= 11 is 0. The predicted octanol–water partition coefficient (Wildman–Crippen LogP) is 0.704. The van der Waals surface area contributed by atoms with E-state index < -0.39 is 5.91 Å². The summed E-state index contributed by atoms with van der Waals surface area (Å²) in [6.45, 7) is 1.78. The second-order valence-corrected chi connectivity index (χ2v) is 4.05. The van der Waals surface area contributed by atoms with Crippen molar-refractivity contribution >= 4 is 5.91 Å². The highest BCUT2D eigenvalue weighted by molar-refractivity contribution is 5.73. The van der Waals surface area contributed by atoms with Crippen molar-refractivity contribution in [1.82, 2.24) is 9.78 Å². The average Bonchev–Trinajstić information content (AvgIpc) is 2.32. The molecule has 92 valence electrons. The molecular weight excluding hydrogens is 230 g/mol. The van der Waals surface area contributed by atoms with E-state index in [1.54, 1.807) is 6.07 Å². The van der Waals surface area contributed by atoms with Gasteiger partial charge < -0.3 is 5.73 Å². The highest BCUT2D eigenvalue weighted by Gasteiger charge is 2.05. The van der Waals surface area contributed by atoms with Gasteiger partial charge in [0.1, 0.15) is 6.54 Å². The molecule has 2 aromatic rings. The summed E-state index contributed by atoms with van der Waals surface area (Å²) in [5.41, 5.74) is 7.39. The Labute approximate surface area is 104 Å². The van der Waals surface area contributed by atoms with Gasteiger partial charge in [-0.2, -0.15) is 5.10 Å². The molecule has 0 aliphatic rings. The van der Waals surface area contributed by atoms with Crippen LogP contribution in [0.1, 0.15) is 5.56 Å². The van der Waals surface area contributed by atoms with Gasteiger partial charge in [0.05, 0.1) is 5.69 Å². The van der Waals surface area contributed by atoms with Gasteiger partial charge in [-0.05, 0) is 13.0 Å². The fourth-order valence-corrected chi connectivity index (χ4v) is 1.59. The zero-order valence-corrected chi connectivity index (χ0v) is 9.96. The number of rotatable bonds is 3. The number of hydrogen-bond acceptors (Lipinski definition) is 3. The van der Waals surface area contributed by atoms with E-state index in [4.69, 9.17) is 5.73 Å². The molecule has 1 amide bonds. The fourth-order valence-electron chi connectivity index (χ4n) is 1.59. The van der Waals surface area contributed by atoms with Crippen LogP contribution in [-0.2, 0) is 11.3 Å². The molecule has 0 radical (unpaired) electrons. The van der Waals surface area contributed by atoms with Gasteiger partial charge in [0, 0.05) is 11.6 Å². The molecule has 1 aromatic carbocycles. The number of carbonyl (C=O) groups is 1. The first-order valence-electron chi connectivity index (χ1n) is 5.50. The number of carbonyl (C=O) groups excluding carboxylic acids is 1. The number of aryl methyl sites for hydroxylation is 1. The van der Waals surface area contributed by atoms with Crippen LogP contribution in [0.3, 0.4) is 0 Å². The van der Waals surface area contributed by atoms with E-state index in [0.29, 0.717) is 5.69 Å². The topological polar surface area (TPSA) is 78.0 Å². The van der Waals surface area contributed by atoms with E-state index in [2.05, 4.69) is 5.10 Å². The van der Waals surface area contributed by atoms with Crippen LogP contribution in [0, 0.1) is 6.92 Å². The Bertz CT molecular complexity index is 629. The minimum absolute atomic E-state index is 0.210. The Hall–Kier alpha value is -2.43. The van der Waals surface area contributed by atoms with Crippen molar-refractivity contribution in [1.29, 1.82) is 0 Å². The van der Waals surface area contributed by atoms with Crippen LogP contribution in [0.25, 0.3) is 11.3 Å². The number of nitrogens with two attached hydrogens (primary N) is 1. The second kappa shape index (κ2) is 4.83. The maximum atomic E-state index is 11.5. The third-order valence-corrected chi connectivity index (χ3v) is 2.52. The van der Waals surface area contributed by atoms with Gasteiger partial charge >= 0.3 is 0 Å². The highest BCUT2D eigenvalue weighted by Crippen LogP contribution is 2.15. The SMILES string of the molecule is Cc1ccc(-c2ccc(=O)n(CC(N)=O)n2)cc1. The van der Waals surface area contributed by atoms with Crippen LogP contribution < -0.4 is 11.3 Å². The summed E-state index contributed by atoms with van der Waals surface area (Å²) in [6.07, 6.45) is 0. The van der Waals surface area contributed by atoms with Crippen LogP contribution in [0.2, 0.25) is 0 Å². The van der Waals surface area contributed by atoms with Crippen molar-refractivity contribution in [2.45, 2.75) is 13.5 Å². The third kappa shape index (κ3) is 2.63. The third-order valence-electron chi connectivity index (χ3n) is 2.52. The zero-order chi connectivity index (χ0) is 13.1. The molecule has 0 atom stereocenters. The number of benzene rings is 1. The van der Waals surface area contributed by atoms with Crippen LogP contribution in [-0.4, -0.2) is 15.7 Å². The first kappa shape index (κ1) is 12.0. The lowest BCUT2D eigenvalue weighted by atomic mass is 10.1. The molecule has 2 rings (SSSR count). The van der Waals surface area contributed by atoms with E-state index in [1.165, 1.54) is 6.07 Å². The smallest absolute Gasteiger partial charge is 0.267 e. The second-order valence-electron chi connectivity index (χ2n) is 4.05. The molecular formula is C13H13N3O2. The number of nitrogens with zero attached hydrogens (tertiary/aromatic N) is 2. The van der Waals surface area contributed by atoms with Gasteiger partial charge in [0.25, 0.3) is 5.56 Å². The molecule has 5 nitrogen and oxygen atoms in total. The van der Waals surface area contributed by atoms with Crippen LogP contribution in [0.4, 0.5) is 0 Å². The summed E-state index contributed by atoms with van der Waals surface area (Å²) < 4.78 is 1.07. The number of hydrogen-bond donors (Lipinski definition) is 1. The maximum Gasteiger partial charge on any atom is 0.267 e. The number of primary amides is 1. The molecule has 1 heterocycles. The monoisotopic (exact) mass is 243 g/mol. The average molecular weight is 243 g/mol. The van der Waals surface area contributed by atoms with Gasteiger partial charge in [0.15, 0.2) is 0 Å². The number of amides is 1. The maximum absolute atomic E-state index is 11.5. The van der Waals surface area contributed by atoms with Crippen molar-refractivity contribution < 1.29 is 4.79 Å². The van der Waals surface area contributed by atoms with Crippen molar-refractivity contribution in [3.8, 4) is 11.3 Å². The summed E-state index contributed by atoms with van der Waals surface area (Å²) in [5, 5.41) is 4.12. The lowest BCUT2D eigenvalue weighted by Crippen LogP contribution is -2.29. The predicted molar refractivity (Wildman–Crippen MR) is 67.9 cm³/mol. The molecule has 18 heavy (non-hydrogen) atoms. The first-order chi connectivity index (χ1) is 8.56. The molecule has 0 aliphatic carbocycles. The Kier molecular flexibility index (Phi) is 3.23. The Morgan fingerprint density at radius 1 is 1.22 bits per heavy atom. The number of aromatic nitrogens is 2. The first-order valence-corrected chi connectivity index (χ1v) is 5.50. The fraction of sp³-hybridized carbons (Fsp3) is 0.154. The van der Waals surface area contributed by atoms with Crippen LogP contribution in [0.15, 0.2) is 41.2 Å². The summed E-state index contributed by atoms with van der Waals surface area (Å²) in [5.74, 6) is -0.592. The van der Waals surface area contributed by atoms with Gasteiger partial charge in [-0.3, -0.25) is 9.59 Å². The lowest BCUT2D eigenvalue weighted by molar-refractivity contribution is -0.118. The molecule has 5 heteroatoms. The molecule has 0 unspecified atom stereocenters. The van der Waals surface area contributed by atoms with E-state index in [1.807, 2.05) is 31.2 Å². The molecule has 0 fully saturated rings. The van der Waals surface area contributed by atoms with Crippen molar-refractivity contribution in [2.75, 3.05) is 0 Å². The minimum Gasteiger partial charge on any atom is -0.368 e. The van der Waals surface area contributed by atoms with Crippen molar-refractivity contribution in [3.05, 3.63) is 52.3 Å². The summed E-state index contributed by atoms with van der Waals surface area (Å²) in [4.78, 5) is 22.3. The van der Waals surface area contributed by atoms with Gasteiger partial charge in [0.2, 0.25) is 5.91 Å². The van der Waals surface area contributed by atoms with Gasteiger partial charge in [-0.1, -0.05) is 29.8 Å². The molecule has 0 saturated carbocycles. The Balaban J connectivity index is 2.43. The summed E-state index contributed by atoms with van der Waals surface area (Å²) in [6, 6.07) is 10.8. The standard InChI is InChI=1S/C13H13N3O2/c1-9-2-4-10(5-3-9)11-6-7-13(18)16(15-11)8-12(14)17/h2-7H,8H2,1H3,(H2,14,17). The quantitative estimate of drug-likeness (QED) is 0.862. The normalized spacial score (nSPS) is 10.3.